The first-order chi connectivity index (χ1) is 14.1. The highest BCUT2D eigenvalue weighted by atomic mass is 35.5. The van der Waals surface area contributed by atoms with Crippen LogP contribution in [0.15, 0.2) is 78.9 Å². The van der Waals surface area contributed by atoms with E-state index in [-0.39, 0.29) is 5.25 Å². The van der Waals surface area contributed by atoms with Gasteiger partial charge in [-0.05, 0) is 60.7 Å². The highest BCUT2D eigenvalue weighted by Gasteiger charge is 2.15. The van der Waals surface area contributed by atoms with Gasteiger partial charge in [0.2, 0.25) is 0 Å². The van der Waals surface area contributed by atoms with Crippen LogP contribution in [0.2, 0.25) is 10.0 Å². The predicted octanol–water partition coefficient (Wildman–Crippen LogP) is 7.43. The molecule has 1 unspecified atom stereocenters. The summed E-state index contributed by atoms with van der Waals surface area (Å²) in [6.45, 7) is 3.25. The lowest BCUT2D eigenvalue weighted by atomic mass is 10.0. The highest BCUT2D eigenvalue weighted by Crippen LogP contribution is 2.36. The Morgan fingerprint density at radius 3 is 1.90 bits per heavy atom. The summed E-state index contributed by atoms with van der Waals surface area (Å²) in [6, 6.07) is 27.5. The van der Waals surface area contributed by atoms with Gasteiger partial charge in [0.25, 0.3) is 0 Å². The van der Waals surface area contributed by atoms with Crippen molar-refractivity contribution in [3.05, 3.63) is 106 Å². The van der Waals surface area contributed by atoms with Crippen LogP contribution in [0.3, 0.4) is 0 Å². The van der Waals surface area contributed by atoms with Gasteiger partial charge >= 0.3 is 0 Å². The van der Waals surface area contributed by atoms with Crippen molar-refractivity contribution in [2.75, 3.05) is 12.3 Å². The molecule has 0 amide bonds. The van der Waals surface area contributed by atoms with Crippen molar-refractivity contribution in [2.45, 2.75) is 31.1 Å². The second-order valence-electron chi connectivity index (χ2n) is 7.23. The van der Waals surface area contributed by atoms with Gasteiger partial charge in [0, 0.05) is 28.4 Å². The van der Waals surface area contributed by atoms with E-state index in [2.05, 4.69) is 66.8 Å². The Morgan fingerprint density at radius 1 is 0.793 bits per heavy atom. The van der Waals surface area contributed by atoms with Crippen molar-refractivity contribution in [1.82, 2.24) is 5.32 Å². The van der Waals surface area contributed by atoms with E-state index >= 15 is 0 Å². The summed E-state index contributed by atoms with van der Waals surface area (Å²) in [5, 5.41) is 5.47. The lowest BCUT2D eigenvalue weighted by Gasteiger charge is -2.19. The Kier molecular flexibility index (Phi) is 8.94. The van der Waals surface area contributed by atoms with E-state index in [1.165, 1.54) is 16.7 Å². The van der Waals surface area contributed by atoms with Crippen molar-refractivity contribution in [3.8, 4) is 0 Å². The maximum Gasteiger partial charge on any atom is 0.0547 e. The molecule has 0 saturated carbocycles. The standard InChI is InChI=1S/C25H27Cl2NS/c1-19(7-8-20-5-3-2-4-6-20)28-17-18-29-25(21-9-13-23(26)14-10-21)22-11-15-24(27)16-12-22/h2-6,9-16,19,25,28H,7-8,17-18H2,1H3. The van der Waals surface area contributed by atoms with Crippen LogP contribution in [0.25, 0.3) is 0 Å². The fraction of sp³-hybridized carbons (Fsp3) is 0.280. The van der Waals surface area contributed by atoms with Crippen molar-refractivity contribution < 1.29 is 0 Å². The van der Waals surface area contributed by atoms with Gasteiger partial charge < -0.3 is 5.32 Å². The normalized spacial score (nSPS) is 12.3. The van der Waals surface area contributed by atoms with Gasteiger partial charge in [-0.15, -0.1) is 11.8 Å². The summed E-state index contributed by atoms with van der Waals surface area (Å²) < 4.78 is 0. The van der Waals surface area contributed by atoms with Gasteiger partial charge in [0.15, 0.2) is 0 Å². The van der Waals surface area contributed by atoms with Crippen LogP contribution in [0.1, 0.15) is 35.3 Å². The summed E-state index contributed by atoms with van der Waals surface area (Å²) in [7, 11) is 0. The molecule has 152 valence electrons. The molecule has 3 aromatic carbocycles. The lowest BCUT2D eigenvalue weighted by molar-refractivity contribution is 0.532. The first kappa shape index (κ1) is 22.2. The monoisotopic (exact) mass is 443 g/mol. The van der Waals surface area contributed by atoms with E-state index in [4.69, 9.17) is 23.2 Å². The number of benzene rings is 3. The number of thioether (sulfide) groups is 1. The molecule has 1 nitrogen and oxygen atoms in total. The smallest absolute Gasteiger partial charge is 0.0547 e. The number of hydrogen-bond donors (Lipinski definition) is 1. The molecule has 0 aromatic heterocycles. The van der Waals surface area contributed by atoms with Gasteiger partial charge in [-0.1, -0.05) is 77.8 Å². The van der Waals surface area contributed by atoms with Gasteiger partial charge in [0.1, 0.15) is 0 Å². The maximum absolute atomic E-state index is 6.08. The number of nitrogens with one attached hydrogen (secondary N) is 1. The topological polar surface area (TPSA) is 12.0 Å². The summed E-state index contributed by atoms with van der Waals surface area (Å²) in [6.07, 6.45) is 2.26. The largest absolute Gasteiger partial charge is 0.313 e. The minimum absolute atomic E-state index is 0.269. The van der Waals surface area contributed by atoms with E-state index in [9.17, 15) is 0 Å². The van der Waals surface area contributed by atoms with Gasteiger partial charge in [-0.2, -0.15) is 0 Å². The number of aryl methyl sites for hydroxylation is 1. The lowest BCUT2D eigenvalue weighted by Crippen LogP contribution is -2.28. The molecule has 1 N–H and O–H groups in total. The molecule has 0 saturated heterocycles. The number of halogens is 2. The third-order valence-corrected chi connectivity index (χ3v) is 6.76. The van der Waals surface area contributed by atoms with Crippen LogP contribution >= 0.6 is 35.0 Å². The third-order valence-electron chi connectivity index (χ3n) is 4.93. The van der Waals surface area contributed by atoms with Crippen LogP contribution in [-0.4, -0.2) is 18.3 Å². The zero-order valence-electron chi connectivity index (χ0n) is 16.7. The van der Waals surface area contributed by atoms with Crippen LogP contribution < -0.4 is 5.32 Å². The van der Waals surface area contributed by atoms with Crippen molar-refractivity contribution >= 4 is 35.0 Å². The molecule has 0 radical (unpaired) electrons. The predicted molar refractivity (Wildman–Crippen MR) is 129 cm³/mol. The second-order valence-corrected chi connectivity index (χ2v) is 9.32. The molecule has 29 heavy (non-hydrogen) atoms. The van der Waals surface area contributed by atoms with E-state index in [1.54, 1.807) is 0 Å². The molecular weight excluding hydrogens is 417 g/mol. The zero-order valence-corrected chi connectivity index (χ0v) is 19.0. The molecule has 0 spiro atoms. The summed E-state index contributed by atoms with van der Waals surface area (Å²) in [5.74, 6) is 1.03. The fourth-order valence-electron chi connectivity index (χ4n) is 3.27. The quantitative estimate of drug-likeness (QED) is 0.327. The Balaban J connectivity index is 1.52. The van der Waals surface area contributed by atoms with Gasteiger partial charge in [-0.3, -0.25) is 0 Å². The Hall–Kier alpha value is -1.45. The minimum Gasteiger partial charge on any atom is -0.313 e. The van der Waals surface area contributed by atoms with E-state index in [1.807, 2.05) is 36.0 Å². The highest BCUT2D eigenvalue weighted by molar-refractivity contribution is 7.99. The van der Waals surface area contributed by atoms with Crippen LogP contribution in [-0.2, 0) is 6.42 Å². The van der Waals surface area contributed by atoms with Crippen LogP contribution in [0.5, 0.6) is 0 Å². The van der Waals surface area contributed by atoms with Gasteiger partial charge in [0.05, 0.1) is 5.25 Å². The Labute approximate surface area is 188 Å². The molecule has 0 aliphatic heterocycles. The van der Waals surface area contributed by atoms with Crippen LogP contribution in [0, 0.1) is 0 Å². The zero-order chi connectivity index (χ0) is 20.5. The molecule has 1 atom stereocenters. The third kappa shape index (κ3) is 7.38. The van der Waals surface area contributed by atoms with E-state index in [0.29, 0.717) is 6.04 Å². The molecule has 3 aromatic rings. The van der Waals surface area contributed by atoms with E-state index < -0.39 is 0 Å². The number of rotatable bonds is 10. The first-order valence-corrected chi connectivity index (χ1v) is 11.8. The number of hydrogen-bond acceptors (Lipinski definition) is 2. The summed E-state index contributed by atoms with van der Waals surface area (Å²) in [5.41, 5.74) is 3.93. The summed E-state index contributed by atoms with van der Waals surface area (Å²) >= 11 is 14.1. The van der Waals surface area contributed by atoms with Crippen LogP contribution in [0.4, 0.5) is 0 Å². The van der Waals surface area contributed by atoms with Gasteiger partial charge in [-0.25, -0.2) is 0 Å². The molecule has 0 bridgehead atoms. The molecule has 0 heterocycles. The van der Waals surface area contributed by atoms with Crippen molar-refractivity contribution in [3.63, 3.8) is 0 Å². The summed E-state index contributed by atoms with van der Waals surface area (Å²) in [4.78, 5) is 0. The Bertz CT molecular complexity index is 805. The van der Waals surface area contributed by atoms with E-state index in [0.717, 1.165) is 35.2 Å². The average Bonchev–Trinajstić information content (AvgIpc) is 2.75. The molecule has 0 aliphatic carbocycles. The first-order valence-electron chi connectivity index (χ1n) is 10.0. The molecule has 4 heteroatoms. The minimum atomic E-state index is 0.269. The molecular formula is C25H27Cl2NS. The van der Waals surface area contributed by atoms with Crippen molar-refractivity contribution in [2.24, 2.45) is 0 Å². The average molecular weight is 444 g/mol. The molecule has 0 fully saturated rings. The SMILES string of the molecule is CC(CCc1ccccc1)NCCSC(c1ccc(Cl)cc1)c1ccc(Cl)cc1. The second kappa shape index (κ2) is 11.7. The molecule has 0 aliphatic rings. The van der Waals surface area contributed by atoms with Crippen molar-refractivity contribution in [1.29, 1.82) is 0 Å². The maximum atomic E-state index is 6.08. The fourth-order valence-corrected chi connectivity index (χ4v) is 4.69. The Morgan fingerprint density at radius 2 is 1.34 bits per heavy atom. The molecule has 3 rings (SSSR count).